The minimum Gasteiger partial charge on any atom is -0.277 e. The van der Waals surface area contributed by atoms with Crippen LogP contribution in [0.1, 0.15) is 44.9 Å². The Morgan fingerprint density at radius 1 is 1.15 bits per heavy atom. The zero-order chi connectivity index (χ0) is 14.6. The average molecular weight is 298 g/mol. The number of carbonyl (C=O) groups excluding carboxylic acids is 3. The van der Waals surface area contributed by atoms with E-state index >= 15 is 0 Å². The van der Waals surface area contributed by atoms with Gasteiger partial charge >= 0.3 is 6.03 Å². The smallest absolute Gasteiger partial charge is 0.277 e. The van der Waals surface area contributed by atoms with Gasteiger partial charge in [-0.1, -0.05) is 25.7 Å². The van der Waals surface area contributed by atoms with Gasteiger partial charge in [0.1, 0.15) is 5.41 Å². The fourth-order valence-corrected chi connectivity index (χ4v) is 3.49. The number of amides is 4. The molecule has 6 heteroatoms. The van der Waals surface area contributed by atoms with Crippen molar-refractivity contribution < 1.29 is 14.4 Å². The van der Waals surface area contributed by atoms with Gasteiger partial charge in [0.05, 0.1) is 0 Å². The van der Waals surface area contributed by atoms with Crippen LogP contribution in [0.4, 0.5) is 4.79 Å². The minimum atomic E-state index is -0.982. The highest BCUT2D eigenvalue weighted by molar-refractivity contribution is 7.98. The maximum Gasteiger partial charge on any atom is 0.330 e. The zero-order valence-corrected chi connectivity index (χ0v) is 12.8. The molecule has 1 saturated carbocycles. The summed E-state index contributed by atoms with van der Waals surface area (Å²) in [5, 5.41) is 2.40. The molecule has 20 heavy (non-hydrogen) atoms. The van der Waals surface area contributed by atoms with Crippen LogP contribution in [0, 0.1) is 5.41 Å². The third kappa shape index (κ3) is 2.85. The topological polar surface area (TPSA) is 66.5 Å². The molecular formula is C14H22N2O3S. The molecule has 0 aromatic heterocycles. The first-order valence-electron chi connectivity index (χ1n) is 7.28. The molecule has 0 radical (unpaired) electrons. The first kappa shape index (κ1) is 15.4. The van der Waals surface area contributed by atoms with Crippen molar-refractivity contribution >= 4 is 29.6 Å². The maximum absolute atomic E-state index is 12.7. The summed E-state index contributed by atoms with van der Waals surface area (Å²) in [6, 6.07) is -0.545. The molecule has 112 valence electrons. The first-order valence-corrected chi connectivity index (χ1v) is 8.67. The Kier molecular flexibility index (Phi) is 5.07. The Hall–Kier alpha value is -1.04. The van der Waals surface area contributed by atoms with Gasteiger partial charge in [0.2, 0.25) is 11.8 Å². The Balaban J connectivity index is 2.16. The first-order chi connectivity index (χ1) is 9.62. The largest absolute Gasteiger partial charge is 0.330 e. The standard InChI is InChI=1S/C14H22N2O3S/c1-20-10-6-9-16-12(18)14(11(17)15-13(16)19)7-4-2-3-5-8-14/h2-10H2,1H3,(H,15,17,19). The summed E-state index contributed by atoms with van der Waals surface area (Å²) in [6.45, 7) is 0.403. The number of hydrogen-bond donors (Lipinski definition) is 1. The van der Waals surface area contributed by atoms with Gasteiger partial charge < -0.3 is 0 Å². The van der Waals surface area contributed by atoms with Gasteiger partial charge in [-0.2, -0.15) is 11.8 Å². The van der Waals surface area contributed by atoms with Crippen LogP contribution in [0.3, 0.4) is 0 Å². The molecule has 4 amide bonds. The fourth-order valence-electron chi connectivity index (χ4n) is 3.08. The van der Waals surface area contributed by atoms with E-state index in [1.165, 1.54) is 4.90 Å². The van der Waals surface area contributed by atoms with Crippen molar-refractivity contribution in [3.8, 4) is 0 Å². The summed E-state index contributed by atoms with van der Waals surface area (Å²) in [6.07, 6.45) is 7.79. The summed E-state index contributed by atoms with van der Waals surface area (Å²) in [5.41, 5.74) is -0.982. The second-order valence-corrected chi connectivity index (χ2v) is 6.54. The molecule has 1 spiro atoms. The number of nitrogens with zero attached hydrogens (tertiary/aromatic N) is 1. The van der Waals surface area contributed by atoms with Gasteiger partial charge in [-0.05, 0) is 31.3 Å². The Morgan fingerprint density at radius 3 is 2.40 bits per heavy atom. The van der Waals surface area contributed by atoms with E-state index in [2.05, 4.69) is 5.32 Å². The Labute approximate surface area is 123 Å². The molecule has 0 atom stereocenters. The van der Waals surface area contributed by atoms with E-state index in [0.717, 1.165) is 37.9 Å². The molecule has 2 rings (SSSR count). The summed E-state index contributed by atoms with van der Waals surface area (Å²) < 4.78 is 0. The quantitative estimate of drug-likeness (QED) is 0.638. The molecular weight excluding hydrogens is 276 g/mol. The number of barbiturate groups is 1. The van der Waals surface area contributed by atoms with Crippen LogP contribution in [0.5, 0.6) is 0 Å². The molecule has 0 unspecified atom stereocenters. The van der Waals surface area contributed by atoms with E-state index in [1.54, 1.807) is 11.8 Å². The van der Waals surface area contributed by atoms with Crippen LogP contribution in [-0.4, -0.2) is 41.3 Å². The molecule has 0 bridgehead atoms. The van der Waals surface area contributed by atoms with Crippen molar-refractivity contribution in [3.63, 3.8) is 0 Å². The molecule has 1 heterocycles. The number of nitrogens with one attached hydrogen (secondary N) is 1. The third-order valence-corrected chi connectivity index (χ3v) is 4.94. The lowest BCUT2D eigenvalue weighted by molar-refractivity contribution is -0.152. The van der Waals surface area contributed by atoms with Crippen molar-refractivity contribution in [3.05, 3.63) is 0 Å². The summed E-state index contributed by atoms with van der Waals surface area (Å²) in [5.74, 6) is 0.252. The second-order valence-electron chi connectivity index (χ2n) is 5.56. The molecule has 0 aromatic rings. The maximum atomic E-state index is 12.7. The van der Waals surface area contributed by atoms with Crippen molar-refractivity contribution in [1.82, 2.24) is 10.2 Å². The second kappa shape index (κ2) is 6.61. The Bertz CT molecular complexity index is 403. The van der Waals surface area contributed by atoms with Crippen LogP contribution < -0.4 is 5.32 Å². The number of hydrogen-bond acceptors (Lipinski definition) is 4. The molecule has 1 N–H and O–H groups in total. The van der Waals surface area contributed by atoms with Crippen LogP contribution >= 0.6 is 11.8 Å². The van der Waals surface area contributed by atoms with Gasteiger partial charge in [0, 0.05) is 6.54 Å². The van der Waals surface area contributed by atoms with E-state index in [-0.39, 0.29) is 11.8 Å². The lowest BCUT2D eigenvalue weighted by Gasteiger charge is -2.38. The van der Waals surface area contributed by atoms with E-state index in [1.807, 2.05) is 6.26 Å². The predicted molar refractivity (Wildman–Crippen MR) is 78.4 cm³/mol. The van der Waals surface area contributed by atoms with Crippen LogP contribution in [0.15, 0.2) is 0 Å². The molecule has 2 aliphatic rings. The van der Waals surface area contributed by atoms with Crippen molar-refractivity contribution in [2.24, 2.45) is 5.41 Å². The lowest BCUT2D eigenvalue weighted by atomic mass is 9.77. The van der Waals surface area contributed by atoms with Crippen LogP contribution in [0.25, 0.3) is 0 Å². The molecule has 1 aliphatic carbocycles. The lowest BCUT2D eigenvalue weighted by Crippen LogP contribution is -2.63. The van der Waals surface area contributed by atoms with Crippen molar-refractivity contribution in [1.29, 1.82) is 0 Å². The van der Waals surface area contributed by atoms with E-state index in [0.29, 0.717) is 19.4 Å². The summed E-state index contributed by atoms with van der Waals surface area (Å²) in [7, 11) is 0. The number of imide groups is 2. The van der Waals surface area contributed by atoms with Gasteiger partial charge in [0.15, 0.2) is 0 Å². The SMILES string of the molecule is CSCCCN1C(=O)NC(=O)C2(CCCCCC2)C1=O. The van der Waals surface area contributed by atoms with Crippen LogP contribution in [0.2, 0.25) is 0 Å². The highest BCUT2D eigenvalue weighted by Crippen LogP contribution is 2.39. The van der Waals surface area contributed by atoms with Crippen LogP contribution in [-0.2, 0) is 9.59 Å². The highest BCUT2D eigenvalue weighted by atomic mass is 32.2. The van der Waals surface area contributed by atoms with Gasteiger partial charge in [-0.25, -0.2) is 4.79 Å². The number of carbonyl (C=O) groups is 3. The number of rotatable bonds is 4. The average Bonchev–Trinajstić information content (AvgIpc) is 2.68. The van der Waals surface area contributed by atoms with Gasteiger partial charge in [0.25, 0.3) is 0 Å². The summed E-state index contributed by atoms with van der Waals surface area (Å²) in [4.78, 5) is 38.1. The van der Waals surface area contributed by atoms with Gasteiger partial charge in [-0.15, -0.1) is 0 Å². The Morgan fingerprint density at radius 2 is 1.80 bits per heavy atom. The van der Waals surface area contributed by atoms with Gasteiger partial charge in [-0.3, -0.25) is 19.8 Å². The zero-order valence-electron chi connectivity index (χ0n) is 11.9. The molecule has 0 aromatic carbocycles. The molecule has 2 fully saturated rings. The minimum absolute atomic E-state index is 0.269. The fraction of sp³-hybridized carbons (Fsp3) is 0.786. The third-order valence-electron chi connectivity index (χ3n) is 4.24. The van der Waals surface area contributed by atoms with E-state index in [9.17, 15) is 14.4 Å². The number of thioether (sulfide) groups is 1. The molecule has 1 aliphatic heterocycles. The van der Waals surface area contributed by atoms with E-state index < -0.39 is 11.4 Å². The molecule has 1 saturated heterocycles. The van der Waals surface area contributed by atoms with Crippen molar-refractivity contribution in [2.75, 3.05) is 18.6 Å². The summed E-state index contributed by atoms with van der Waals surface area (Å²) >= 11 is 1.69. The predicted octanol–water partition coefficient (Wildman–Crippen LogP) is 2.16. The number of urea groups is 1. The normalized spacial score (nSPS) is 22.9. The highest BCUT2D eigenvalue weighted by Gasteiger charge is 2.52. The van der Waals surface area contributed by atoms with Crippen molar-refractivity contribution in [2.45, 2.75) is 44.9 Å². The molecule has 5 nitrogen and oxygen atoms in total. The van der Waals surface area contributed by atoms with E-state index in [4.69, 9.17) is 0 Å². The monoisotopic (exact) mass is 298 g/mol.